The van der Waals surface area contributed by atoms with E-state index < -0.39 is 6.43 Å². The maximum Gasteiger partial charge on any atom is 0.284 e. The number of alkyl halides is 2. The average molecular weight is 174 g/mol. The molecule has 0 aromatic carbocycles. The Hall–Kier alpha value is -0.970. The topological polar surface area (TPSA) is 38.1 Å². The van der Waals surface area contributed by atoms with Crippen molar-refractivity contribution in [2.75, 3.05) is 6.54 Å². The molecule has 1 aliphatic heterocycles. The van der Waals surface area contributed by atoms with E-state index in [2.05, 4.69) is 10.5 Å². The summed E-state index contributed by atoms with van der Waals surface area (Å²) in [4.78, 5) is 0. The van der Waals surface area contributed by atoms with Crippen molar-refractivity contribution in [2.45, 2.75) is 19.4 Å². The monoisotopic (exact) mass is 174 g/mol. The molecule has 0 radical (unpaired) electrons. The molecular formula is C7H8F2N2O. The van der Waals surface area contributed by atoms with Crippen LogP contribution in [0.15, 0.2) is 4.52 Å². The van der Waals surface area contributed by atoms with Crippen LogP contribution in [-0.4, -0.2) is 11.7 Å². The van der Waals surface area contributed by atoms with Crippen molar-refractivity contribution in [1.29, 1.82) is 0 Å². The second-order valence-corrected chi connectivity index (χ2v) is 2.70. The number of aromatic nitrogens is 1. The minimum atomic E-state index is -2.53. The minimum absolute atomic E-state index is 0.211. The fourth-order valence-electron chi connectivity index (χ4n) is 1.33. The Balaban J connectivity index is 2.38. The van der Waals surface area contributed by atoms with Crippen LogP contribution in [0.5, 0.6) is 0 Å². The molecule has 0 aliphatic carbocycles. The van der Waals surface area contributed by atoms with Crippen LogP contribution in [0.25, 0.3) is 0 Å². The van der Waals surface area contributed by atoms with Gasteiger partial charge in [-0.2, -0.15) is 0 Å². The van der Waals surface area contributed by atoms with E-state index in [9.17, 15) is 8.78 Å². The number of hydrogen-bond acceptors (Lipinski definition) is 3. The summed E-state index contributed by atoms with van der Waals surface area (Å²) in [6.45, 7) is 1.21. The molecule has 1 N–H and O–H groups in total. The van der Waals surface area contributed by atoms with Gasteiger partial charge in [0.15, 0.2) is 5.69 Å². The van der Waals surface area contributed by atoms with Crippen molar-refractivity contribution in [3.63, 3.8) is 0 Å². The third-order valence-corrected chi connectivity index (χ3v) is 1.94. The third-order valence-electron chi connectivity index (χ3n) is 1.94. The smallest absolute Gasteiger partial charge is 0.284 e. The summed E-state index contributed by atoms with van der Waals surface area (Å²) in [5.41, 5.74) is 0.327. The molecule has 0 amide bonds. The highest BCUT2D eigenvalue weighted by atomic mass is 19.3. The lowest BCUT2D eigenvalue weighted by atomic mass is 10.1. The van der Waals surface area contributed by atoms with Gasteiger partial charge in [0.05, 0.1) is 0 Å². The van der Waals surface area contributed by atoms with E-state index in [1.807, 2.05) is 0 Å². The summed E-state index contributed by atoms with van der Waals surface area (Å²) >= 11 is 0. The predicted octanol–water partition coefficient (Wildman–Crippen LogP) is 1.26. The van der Waals surface area contributed by atoms with Crippen LogP contribution in [0.3, 0.4) is 0 Å². The summed E-state index contributed by atoms with van der Waals surface area (Å²) < 4.78 is 29.3. The van der Waals surface area contributed by atoms with Crippen molar-refractivity contribution in [2.24, 2.45) is 0 Å². The van der Waals surface area contributed by atoms with Crippen molar-refractivity contribution in [3.05, 3.63) is 17.0 Å². The largest absolute Gasteiger partial charge is 0.361 e. The van der Waals surface area contributed by atoms with Gasteiger partial charge in [0, 0.05) is 25.1 Å². The lowest BCUT2D eigenvalue weighted by molar-refractivity contribution is 0.139. The Kier molecular flexibility index (Phi) is 1.80. The second-order valence-electron chi connectivity index (χ2n) is 2.70. The number of nitrogens with one attached hydrogen (secondary N) is 1. The van der Waals surface area contributed by atoms with E-state index in [1.165, 1.54) is 0 Å². The van der Waals surface area contributed by atoms with Crippen molar-refractivity contribution < 1.29 is 13.3 Å². The fourth-order valence-corrected chi connectivity index (χ4v) is 1.33. The lowest BCUT2D eigenvalue weighted by Gasteiger charge is -2.10. The van der Waals surface area contributed by atoms with Gasteiger partial charge in [-0.3, -0.25) is 0 Å². The molecule has 1 aromatic rings. The average Bonchev–Trinajstić information content (AvgIpc) is 2.47. The van der Waals surface area contributed by atoms with Crippen LogP contribution in [0.1, 0.15) is 23.4 Å². The maximum absolute atomic E-state index is 12.2. The SMILES string of the molecule is FC(F)c1noc2c1CNCC2. The predicted molar refractivity (Wildman–Crippen MR) is 36.9 cm³/mol. The first-order valence-electron chi connectivity index (χ1n) is 3.75. The van der Waals surface area contributed by atoms with Gasteiger partial charge in [-0.25, -0.2) is 8.78 Å². The molecule has 0 atom stereocenters. The molecule has 3 nitrogen and oxygen atoms in total. The summed E-state index contributed by atoms with van der Waals surface area (Å²) in [6, 6.07) is 0. The van der Waals surface area contributed by atoms with Gasteiger partial charge < -0.3 is 9.84 Å². The van der Waals surface area contributed by atoms with Gasteiger partial charge in [0.1, 0.15) is 5.76 Å². The zero-order valence-corrected chi connectivity index (χ0v) is 6.31. The van der Waals surface area contributed by atoms with Gasteiger partial charge in [-0.1, -0.05) is 5.16 Å². The van der Waals surface area contributed by atoms with E-state index in [1.54, 1.807) is 0 Å². The Morgan fingerprint density at radius 2 is 2.33 bits per heavy atom. The van der Waals surface area contributed by atoms with Gasteiger partial charge in [-0.05, 0) is 0 Å². The molecule has 1 aromatic heterocycles. The molecule has 2 heterocycles. The minimum Gasteiger partial charge on any atom is -0.361 e. The molecule has 0 fully saturated rings. The van der Waals surface area contributed by atoms with Crippen LogP contribution >= 0.6 is 0 Å². The van der Waals surface area contributed by atoms with Crippen LogP contribution < -0.4 is 5.32 Å². The van der Waals surface area contributed by atoms with Crippen LogP contribution in [0, 0.1) is 0 Å². The number of rotatable bonds is 1. The molecule has 0 saturated carbocycles. The van der Waals surface area contributed by atoms with Crippen LogP contribution in [-0.2, 0) is 13.0 Å². The molecule has 0 spiro atoms. The first kappa shape index (κ1) is 7.67. The van der Waals surface area contributed by atoms with Crippen LogP contribution in [0.4, 0.5) is 8.78 Å². The third kappa shape index (κ3) is 1.10. The van der Waals surface area contributed by atoms with Gasteiger partial charge >= 0.3 is 0 Å². The number of halogens is 2. The molecule has 5 heteroatoms. The van der Waals surface area contributed by atoms with Gasteiger partial charge in [0.25, 0.3) is 6.43 Å². The van der Waals surface area contributed by atoms with E-state index >= 15 is 0 Å². The van der Waals surface area contributed by atoms with E-state index in [4.69, 9.17) is 4.52 Å². The zero-order valence-electron chi connectivity index (χ0n) is 6.31. The Labute approximate surface area is 67.7 Å². The highest BCUT2D eigenvalue weighted by Gasteiger charge is 2.24. The van der Waals surface area contributed by atoms with E-state index in [0.29, 0.717) is 24.3 Å². The van der Waals surface area contributed by atoms with Crippen LogP contribution in [0.2, 0.25) is 0 Å². The summed E-state index contributed by atoms with van der Waals surface area (Å²) in [7, 11) is 0. The van der Waals surface area contributed by atoms with E-state index in [-0.39, 0.29) is 5.69 Å². The Morgan fingerprint density at radius 1 is 1.50 bits per heavy atom. The molecule has 1 aliphatic rings. The Morgan fingerprint density at radius 3 is 3.08 bits per heavy atom. The molecule has 0 bridgehead atoms. The second kappa shape index (κ2) is 2.82. The number of nitrogens with zero attached hydrogens (tertiary/aromatic N) is 1. The van der Waals surface area contributed by atoms with E-state index in [0.717, 1.165) is 6.54 Å². The van der Waals surface area contributed by atoms with Gasteiger partial charge in [0.2, 0.25) is 0 Å². The maximum atomic E-state index is 12.2. The van der Waals surface area contributed by atoms with Crippen molar-refractivity contribution >= 4 is 0 Å². The molecule has 12 heavy (non-hydrogen) atoms. The summed E-state index contributed by atoms with van der Waals surface area (Å²) in [6.07, 6.45) is -1.88. The molecular weight excluding hydrogens is 166 g/mol. The van der Waals surface area contributed by atoms with Crippen molar-refractivity contribution in [1.82, 2.24) is 10.5 Å². The van der Waals surface area contributed by atoms with Crippen molar-refractivity contribution in [3.8, 4) is 0 Å². The molecule has 66 valence electrons. The quantitative estimate of drug-likeness (QED) is 0.696. The summed E-state index contributed by atoms with van der Waals surface area (Å²) in [5, 5.41) is 6.32. The standard InChI is InChI=1S/C7H8F2N2O/c8-7(9)6-4-3-10-2-1-5(4)12-11-6/h7,10H,1-3H2. The first-order chi connectivity index (χ1) is 5.79. The Bertz CT molecular complexity index is 285. The summed E-state index contributed by atoms with van der Waals surface area (Å²) in [5.74, 6) is 0.601. The molecule has 0 unspecified atom stereocenters. The highest BCUT2D eigenvalue weighted by molar-refractivity contribution is 5.25. The number of fused-ring (bicyclic) bond motifs is 1. The highest BCUT2D eigenvalue weighted by Crippen LogP contribution is 2.26. The zero-order chi connectivity index (χ0) is 8.55. The first-order valence-corrected chi connectivity index (χ1v) is 3.75. The normalized spacial score (nSPS) is 16.6. The number of hydrogen-bond donors (Lipinski definition) is 1. The van der Waals surface area contributed by atoms with Gasteiger partial charge in [-0.15, -0.1) is 0 Å². The lowest BCUT2D eigenvalue weighted by Crippen LogP contribution is -2.23. The fraction of sp³-hybridized carbons (Fsp3) is 0.571. The molecule has 2 rings (SSSR count). The molecule has 0 saturated heterocycles.